The Balaban J connectivity index is 0.00000220. The molecule has 0 radical (unpaired) electrons. The van der Waals surface area contributed by atoms with Crippen molar-refractivity contribution in [2.45, 2.75) is 31.9 Å². The first-order valence-corrected chi connectivity index (χ1v) is 6.63. The van der Waals surface area contributed by atoms with E-state index in [9.17, 15) is 13.6 Å². The highest BCUT2D eigenvalue weighted by Gasteiger charge is 2.27. The minimum Gasteiger partial charge on any atom is -0.435 e. The Kier molecular flexibility index (Phi) is 6.84. The maximum absolute atomic E-state index is 12.2. The van der Waals surface area contributed by atoms with Crippen LogP contribution in [0.25, 0.3) is 0 Å². The topological polar surface area (TPSA) is 55.6 Å². The molecule has 0 aromatic heterocycles. The van der Waals surface area contributed by atoms with Gasteiger partial charge in [0.25, 0.3) is 0 Å². The monoisotopic (exact) mass is 320 g/mol. The predicted octanol–water partition coefficient (Wildman–Crippen LogP) is 2.20. The highest BCUT2D eigenvalue weighted by atomic mass is 35.5. The number of hydrogen-bond donors (Lipinski definition) is 1. The number of halogens is 3. The average molecular weight is 321 g/mol. The third-order valence-electron chi connectivity index (χ3n) is 3.47. The van der Waals surface area contributed by atoms with Gasteiger partial charge in [-0.2, -0.15) is 8.78 Å². The zero-order valence-electron chi connectivity index (χ0n) is 11.5. The molecule has 1 aliphatic heterocycles. The van der Waals surface area contributed by atoms with Crippen molar-refractivity contribution >= 4 is 18.3 Å². The second-order valence-corrected chi connectivity index (χ2v) is 4.82. The van der Waals surface area contributed by atoms with Crippen LogP contribution in [0.4, 0.5) is 8.78 Å². The van der Waals surface area contributed by atoms with Gasteiger partial charge in [-0.15, -0.1) is 12.4 Å². The van der Waals surface area contributed by atoms with Crippen LogP contribution in [-0.2, 0) is 11.2 Å². The fourth-order valence-corrected chi connectivity index (χ4v) is 2.47. The van der Waals surface area contributed by atoms with Crippen LogP contribution in [0.3, 0.4) is 0 Å². The molecule has 21 heavy (non-hydrogen) atoms. The van der Waals surface area contributed by atoms with Crippen LogP contribution >= 0.6 is 12.4 Å². The van der Waals surface area contributed by atoms with Crippen molar-refractivity contribution < 1.29 is 18.3 Å². The fourth-order valence-electron chi connectivity index (χ4n) is 2.47. The van der Waals surface area contributed by atoms with Gasteiger partial charge in [0, 0.05) is 19.1 Å². The average Bonchev–Trinajstić information content (AvgIpc) is 2.89. The third-order valence-corrected chi connectivity index (χ3v) is 3.47. The summed E-state index contributed by atoms with van der Waals surface area (Å²) in [5.41, 5.74) is 6.42. The molecule has 7 heteroatoms. The molecule has 0 saturated carbocycles. The van der Waals surface area contributed by atoms with Gasteiger partial charge >= 0.3 is 6.61 Å². The number of nitrogens with two attached hydrogens (primary N) is 1. The molecule has 1 aliphatic rings. The Labute approximate surface area is 128 Å². The van der Waals surface area contributed by atoms with E-state index in [4.69, 9.17) is 5.73 Å². The minimum atomic E-state index is -2.84. The first kappa shape index (κ1) is 17.7. The maximum Gasteiger partial charge on any atom is 0.387 e. The smallest absolute Gasteiger partial charge is 0.387 e. The first-order chi connectivity index (χ1) is 9.60. The van der Waals surface area contributed by atoms with Gasteiger partial charge in [0.2, 0.25) is 5.91 Å². The number of alkyl halides is 2. The molecule has 1 aromatic carbocycles. The van der Waals surface area contributed by atoms with Gasteiger partial charge in [-0.25, -0.2) is 0 Å². The molecule has 1 saturated heterocycles. The second kappa shape index (κ2) is 8.14. The Morgan fingerprint density at radius 1 is 1.38 bits per heavy atom. The van der Waals surface area contributed by atoms with E-state index in [2.05, 4.69) is 4.74 Å². The standard InChI is InChI=1S/C14H18F2N2O2.ClH/c15-14(16)20-12-5-3-10(4-6-12)8-13(19)18-7-1-2-11(18)9-17;/h3-6,11,14H,1-2,7-9,17H2;1H. The molecule has 0 aliphatic carbocycles. The van der Waals surface area contributed by atoms with Gasteiger partial charge in [0.15, 0.2) is 0 Å². The number of rotatable bonds is 5. The van der Waals surface area contributed by atoms with E-state index < -0.39 is 6.61 Å². The molecule has 0 bridgehead atoms. The molecule has 0 spiro atoms. The molecule has 4 nitrogen and oxygen atoms in total. The van der Waals surface area contributed by atoms with Gasteiger partial charge < -0.3 is 15.4 Å². The van der Waals surface area contributed by atoms with Gasteiger partial charge in [-0.05, 0) is 30.5 Å². The van der Waals surface area contributed by atoms with Crippen LogP contribution < -0.4 is 10.5 Å². The van der Waals surface area contributed by atoms with E-state index in [1.54, 1.807) is 12.1 Å². The summed E-state index contributed by atoms with van der Waals surface area (Å²) in [6, 6.07) is 6.27. The van der Waals surface area contributed by atoms with Crippen molar-refractivity contribution in [2.24, 2.45) is 5.73 Å². The van der Waals surface area contributed by atoms with Gasteiger partial charge in [0.05, 0.1) is 6.42 Å². The SMILES string of the molecule is Cl.NCC1CCCN1C(=O)Cc1ccc(OC(F)F)cc1. The van der Waals surface area contributed by atoms with Gasteiger partial charge in [-0.3, -0.25) is 4.79 Å². The number of carbonyl (C=O) groups excluding carboxylic acids is 1. The molecule has 1 heterocycles. The zero-order chi connectivity index (χ0) is 14.5. The second-order valence-electron chi connectivity index (χ2n) is 4.82. The maximum atomic E-state index is 12.2. The lowest BCUT2D eigenvalue weighted by Crippen LogP contribution is -2.40. The Morgan fingerprint density at radius 3 is 2.62 bits per heavy atom. The Morgan fingerprint density at radius 2 is 2.05 bits per heavy atom. The molecule has 1 atom stereocenters. The summed E-state index contributed by atoms with van der Waals surface area (Å²) in [5, 5.41) is 0. The van der Waals surface area contributed by atoms with Crippen molar-refractivity contribution in [2.75, 3.05) is 13.1 Å². The van der Waals surface area contributed by atoms with E-state index >= 15 is 0 Å². The summed E-state index contributed by atoms with van der Waals surface area (Å²) in [5.74, 6) is 0.123. The van der Waals surface area contributed by atoms with Crippen molar-refractivity contribution in [3.8, 4) is 5.75 Å². The zero-order valence-corrected chi connectivity index (χ0v) is 12.3. The fraction of sp³-hybridized carbons (Fsp3) is 0.500. The number of nitrogens with zero attached hydrogens (tertiary/aromatic N) is 1. The van der Waals surface area contributed by atoms with E-state index in [1.165, 1.54) is 12.1 Å². The first-order valence-electron chi connectivity index (χ1n) is 6.63. The third kappa shape index (κ3) is 4.82. The number of hydrogen-bond acceptors (Lipinski definition) is 3. The van der Waals surface area contributed by atoms with Crippen molar-refractivity contribution in [3.63, 3.8) is 0 Å². The largest absolute Gasteiger partial charge is 0.435 e. The number of benzene rings is 1. The molecule has 1 amide bonds. The summed E-state index contributed by atoms with van der Waals surface area (Å²) in [6.45, 7) is -1.61. The van der Waals surface area contributed by atoms with Crippen LogP contribution in [0.2, 0.25) is 0 Å². The van der Waals surface area contributed by atoms with E-state index in [0.29, 0.717) is 6.54 Å². The lowest BCUT2D eigenvalue weighted by Gasteiger charge is -2.23. The van der Waals surface area contributed by atoms with E-state index in [1.807, 2.05) is 4.90 Å². The lowest BCUT2D eigenvalue weighted by atomic mass is 10.1. The van der Waals surface area contributed by atoms with Gasteiger partial charge in [0.1, 0.15) is 5.75 Å². The molecule has 1 unspecified atom stereocenters. The van der Waals surface area contributed by atoms with Gasteiger partial charge in [-0.1, -0.05) is 12.1 Å². The molecule has 2 rings (SSSR count). The van der Waals surface area contributed by atoms with Crippen molar-refractivity contribution in [1.82, 2.24) is 4.90 Å². The van der Waals surface area contributed by atoms with Crippen LogP contribution in [0, 0.1) is 0 Å². The Bertz CT molecular complexity index is 457. The van der Waals surface area contributed by atoms with Crippen molar-refractivity contribution in [1.29, 1.82) is 0 Å². The lowest BCUT2D eigenvalue weighted by molar-refractivity contribution is -0.131. The summed E-state index contributed by atoms with van der Waals surface area (Å²) < 4.78 is 28.3. The van der Waals surface area contributed by atoms with Crippen LogP contribution in [0.5, 0.6) is 5.75 Å². The number of likely N-dealkylation sites (tertiary alicyclic amines) is 1. The molecular weight excluding hydrogens is 302 g/mol. The molecule has 1 aromatic rings. The Hall–Kier alpha value is -1.40. The minimum absolute atomic E-state index is 0. The van der Waals surface area contributed by atoms with E-state index in [0.717, 1.165) is 24.9 Å². The number of carbonyl (C=O) groups is 1. The van der Waals surface area contributed by atoms with Crippen molar-refractivity contribution in [3.05, 3.63) is 29.8 Å². The van der Waals surface area contributed by atoms with Crippen LogP contribution in [0.15, 0.2) is 24.3 Å². The summed E-state index contributed by atoms with van der Waals surface area (Å²) >= 11 is 0. The van der Waals surface area contributed by atoms with E-state index in [-0.39, 0.29) is 36.5 Å². The normalized spacial score (nSPS) is 17.7. The quantitative estimate of drug-likeness (QED) is 0.905. The van der Waals surface area contributed by atoms with Crippen LogP contribution in [-0.4, -0.2) is 36.5 Å². The number of ether oxygens (including phenoxy) is 1. The van der Waals surface area contributed by atoms with Crippen LogP contribution in [0.1, 0.15) is 18.4 Å². The molecule has 118 valence electrons. The molecule has 2 N–H and O–H groups in total. The molecular formula is C14H19ClF2N2O2. The number of amides is 1. The summed E-state index contributed by atoms with van der Waals surface area (Å²) in [7, 11) is 0. The molecule has 1 fully saturated rings. The highest BCUT2D eigenvalue weighted by molar-refractivity contribution is 5.85. The predicted molar refractivity (Wildman–Crippen MR) is 77.8 cm³/mol. The summed E-state index contributed by atoms with van der Waals surface area (Å²) in [6.07, 6.45) is 2.18. The highest BCUT2D eigenvalue weighted by Crippen LogP contribution is 2.19. The summed E-state index contributed by atoms with van der Waals surface area (Å²) in [4.78, 5) is 14.0.